The first kappa shape index (κ1) is 12.7. The Hall–Kier alpha value is -2.34. The molecule has 100 valence electrons. The molecule has 0 spiro atoms. The summed E-state index contributed by atoms with van der Waals surface area (Å²) in [5, 5.41) is 0. The zero-order valence-electron chi connectivity index (χ0n) is 11.9. The van der Waals surface area contributed by atoms with E-state index >= 15 is 0 Å². The van der Waals surface area contributed by atoms with Crippen molar-refractivity contribution in [3.63, 3.8) is 0 Å². The number of carbonyl (C=O) groups is 1. The van der Waals surface area contributed by atoms with Crippen LogP contribution in [0.4, 0.5) is 5.82 Å². The molecule has 1 aromatic carbocycles. The van der Waals surface area contributed by atoms with Gasteiger partial charge in [0.15, 0.2) is 5.78 Å². The van der Waals surface area contributed by atoms with Gasteiger partial charge in [0.05, 0.1) is 7.05 Å². The van der Waals surface area contributed by atoms with E-state index in [9.17, 15) is 4.79 Å². The highest BCUT2D eigenvalue weighted by Crippen LogP contribution is 2.40. The number of nitrogens with zero attached hydrogens (tertiary/aromatic N) is 2. The van der Waals surface area contributed by atoms with E-state index in [1.807, 2.05) is 35.9 Å². The third-order valence-electron chi connectivity index (χ3n) is 4.16. The van der Waals surface area contributed by atoms with Gasteiger partial charge in [0.25, 0.3) is 0 Å². The van der Waals surface area contributed by atoms with Crippen molar-refractivity contribution in [3.8, 4) is 11.3 Å². The lowest BCUT2D eigenvalue weighted by Gasteiger charge is -2.18. The minimum atomic E-state index is -0.101. The van der Waals surface area contributed by atoms with Crippen molar-refractivity contribution in [1.82, 2.24) is 4.57 Å². The lowest BCUT2D eigenvalue weighted by molar-refractivity contribution is 0.0979. The molecule has 20 heavy (non-hydrogen) atoms. The van der Waals surface area contributed by atoms with E-state index in [-0.39, 0.29) is 11.2 Å². The van der Waals surface area contributed by atoms with Gasteiger partial charge in [-0.3, -0.25) is 9.36 Å². The molecular weight excluding hydrogens is 248 g/mol. The Morgan fingerprint density at radius 2 is 2.00 bits per heavy atom. The van der Waals surface area contributed by atoms with Crippen molar-refractivity contribution >= 4 is 11.6 Å². The highest BCUT2D eigenvalue weighted by atomic mass is 16.1. The van der Waals surface area contributed by atoms with E-state index in [4.69, 9.17) is 6.57 Å². The molecule has 0 saturated carbocycles. The molecule has 0 bridgehead atoms. The van der Waals surface area contributed by atoms with Crippen LogP contribution in [0.25, 0.3) is 16.1 Å². The van der Waals surface area contributed by atoms with Crippen LogP contribution in [0.3, 0.4) is 0 Å². The maximum Gasteiger partial charge on any atom is 0.230 e. The topological polar surface area (TPSA) is 26.4 Å². The summed E-state index contributed by atoms with van der Waals surface area (Å²) in [4.78, 5) is 15.5. The van der Waals surface area contributed by atoms with Crippen molar-refractivity contribution in [1.29, 1.82) is 0 Å². The predicted molar refractivity (Wildman–Crippen MR) is 79.1 cm³/mol. The zero-order chi connectivity index (χ0) is 14.5. The number of aromatic nitrogens is 1. The maximum atomic E-state index is 12.0. The molecule has 0 N–H and O–H groups in total. The molecule has 3 rings (SSSR count). The third-order valence-corrected chi connectivity index (χ3v) is 4.16. The minimum Gasteiger partial charge on any atom is -0.364 e. The second-order valence-electron chi connectivity index (χ2n) is 5.99. The van der Waals surface area contributed by atoms with Crippen molar-refractivity contribution in [2.75, 3.05) is 0 Å². The normalized spacial score (nSPS) is 16.0. The van der Waals surface area contributed by atoms with Crippen LogP contribution in [0, 0.1) is 6.57 Å². The average Bonchev–Trinajstić information content (AvgIpc) is 2.88. The second-order valence-corrected chi connectivity index (χ2v) is 5.99. The fourth-order valence-electron chi connectivity index (χ4n) is 3.00. The summed E-state index contributed by atoms with van der Waals surface area (Å²) in [6.45, 7) is 11.3. The van der Waals surface area contributed by atoms with Crippen LogP contribution in [0.2, 0.25) is 0 Å². The lowest BCUT2D eigenvalue weighted by Crippen LogP contribution is -2.12. The van der Waals surface area contributed by atoms with Crippen LogP contribution in [0.15, 0.2) is 30.3 Å². The van der Waals surface area contributed by atoms with Crippen LogP contribution in [-0.2, 0) is 12.5 Å². The predicted octanol–water partition coefficient (Wildman–Crippen LogP) is 4.11. The summed E-state index contributed by atoms with van der Waals surface area (Å²) >= 11 is 0. The Bertz CT molecular complexity index is 760. The van der Waals surface area contributed by atoms with E-state index < -0.39 is 0 Å². The number of benzene rings is 1. The van der Waals surface area contributed by atoms with Crippen LogP contribution in [-0.4, -0.2) is 10.4 Å². The van der Waals surface area contributed by atoms with Gasteiger partial charge < -0.3 is 4.85 Å². The molecule has 3 nitrogen and oxygen atoms in total. The Kier molecular flexibility index (Phi) is 2.58. The van der Waals surface area contributed by atoms with Crippen molar-refractivity contribution in [2.24, 2.45) is 7.05 Å². The van der Waals surface area contributed by atoms with Crippen LogP contribution in [0.5, 0.6) is 0 Å². The molecule has 0 unspecified atom stereocenters. The van der Waals surface area contributed by atoms with Gasteiger partial charge in [-0.15, -0.1) is 0 Å². The number of hydrogen-bond acceptors (Lipinski definition) is 1. The molecule has 3 heteroatoms. The standard InChI is InChI=1S/C17H16N2O/c1-17(2)10-15(20)12-6-5-11(9-13(12)17)14-7-8-16(18-3)19(14)4/h5-9H,10H2,1-2,4H3. The quantitative estimate of drug-likeness (QED) is 0.712. The summed E-state index contributed by atoms with van der Waals surface area (Å²) in [5.74, 6) is 0.848. The summed E-state index contributed by atoms with van der Waals surface area (Å²) < 4.78 is 1.89. The minimum absolute atomic E-state index is 0.101. The summed E-state index contributed by atoms with van der Waals surface area (Å²) in [6.07, 6.45) is 0.576. The molecule has 0 aliphatic heterocycles. The number of hydrogen-bond donors (Lipinski definition) is 0. The lowest BCUT2D eigenvalue weighted by atomic mass is 9.85. The second kappa shape index (κ2) is 4.08. The molecule has 1 aromatic heterocycles. The first-order chi connectivity index (χ1) is 9.44. The van der Waals surface area contributed by atoms with Crippen molar-refractivity contribution in [2.45, 2.75) is 25.7 Å². The number of carbonyl (C=O) groups excluding carboxylic acids is 1. The van der Waals surface area contributed by atoms with E-state index in [0.29, 0.717) is 12.2 Å². The number of Topliss-reactive ketones (excluding diaryl/α,β-unsaturated/α-hetero) is 1. The Balaban J connectivity index is 2.17. The van der Waals surface area contributed by atoms with Gasteiger partial charge in [0.1, 0.15) is 5.69 Å². The number of ketones is 1. The summed E-state index contributed by atoms with van der Waals surface area (Å²) in [6, 6.07) is 9.78. The summed E-state index contributed by atoms with van der Waals surface area (Å²) in [7, 11) is 1.90. The average molecular weight is 264 g/mol. The van der Waals surface area contributed by atoms with Gasteiger partial charge in [-0.1, -0.05) is 32.6 Å². The molecule has 0 saturated heterocycles. The van der Waals surface area contributed by atoms with Gasteiger partial charge in [-0.05, 0) is 29.2 Å². The first-order valence-electron chi connectivity index (χ1n) is 6.65. The molecule has 0 radical (unpaired) electrons. The van der Waals surface area contributed by atoms with E-state index in [1.54, 1.807) is 0 Å². The Morgan fingerprint density at radius 1 is 1.25 bits per heavy atom. The van der Waals surface area contributed by atoms with E-state index in [0.717, 1.165) is 22.4 Å². The molecular formula is C17H16N2O. The maximum absolute atomic E-state index is 12.0. The molecule has 2 aromatic rings. The number of fused-ring (bicyclic) bond motifs is 1. The van der Waals surface area contributed by atoms with Gasteiger partial charge in [-0.2, -0.15) is 0 Å². The largest absolute Gasteiger partial charge is 0.364 e. The van der Waals surface area contributed by atoms with Gasteiger partial charge in [0, 0.05) is 17.5 Å². The molecule has 1 aliphatic carbocycles. The fraction of sp³-hybridized carbons (Fsp3) is 0.294. The Labute approximate surface area is 118 Å². The zero-order valence-corrected chi connectivity index (χ0v) is 11.9. The van der Waals surface area contributed by atoms with Crippen LogP contribution in [0.1, 0.15) is 36.2 Å². The van der Waals surface area contributed by atoms with Crippen molar-refractivity contribution in [3.05, 3.63) is 52.9 Å². The molecule has 1 aliphatic rings. The highest BCUT2D eigenvalue weighted by molar-refractivity contribution is 6.02. The Morgan fingerprint density at radius 3 is 2.65 bits per heavy atom. The van der Waals surface area contributed by atoms with Gasteiger partial charge in [-0.25, -0.2) is 0 Å². The smallest absolute Gasteiger partial charge is 0.230 e. The third kappa shape index (κ3) is 1.69. The van der Waals surface area contributed by atoms with E-state index in [1.165, 1.54) is 0 Å². The van der Waals surface area contributed by atoms with Gasteiger partial charge >= 0.3 is 0 Å². The van der Waals surface area contributed by atoms with Crippen LogP contribution >= 0.6 is 0 Å². The molecule has 0 amide bonds. The van der Waals surface area contributed by atoms with E-state index in [2.05, 4.69) is 24.8 Å². The molecule has 1 heterocycles. The summed E-state index contributed by atoms with van der Waals surface area (Å²) in [5.41, 5.74) is 3.93. The molecule has 0 atom stereocenters. The molecule has 0 fully saturated rings. The fourth-order valence-corrected chi connectivity index (χ4v) is 3.00. The van der Waals surface area contributed by atoms with Crippen molar-refractivity contribution < 1.29 is 4.79 Å². The first-order valence-corrected chi connectivity index (χ1v) is 6.65. The SMILES string of the molecule is [C-]#[N+]c1ccc(-c2ccc3c(c2)C(C)(C)CC3=O)n1C. The monoisotopic (exact) mass is 264 g/mol. The number of rotatable bonds is 1. The van der Waals surface area contributed by atoms with Crippen LogP contribution < -0.4 is 0 Å². The van der Waals surface area contributed by atoms with Gasteiger partial charge in [0.2, 0.25) is 5.82 Å². The highest BCUT2D eigenvalue weighted by Gasteiger charge is 2.36.